The van der Waals surface area contributed by atoms with Gasteiger partial charge in [-0.3, -0.25) is 4.79 Å². The number of methoxy groups -OCH3 is 1. The van der Waals surface area contributed by atoms with Gasteiger partial charge in [-0.1, -0.05) is 43.5 Å². The molecule has 0 saturated heterocycles. The van der Waals surface area contributed by atoms with E-state index in [2.05, 4.69) is 10.6 Å². The van der Waals surface area contributed by atoms with Crippen molar-refractivity contribution in [3.63, 3.8) is 0 Å². The minimum absolute atomic E-state index is 0.0951. The minimum Gasteiger partial charge on any atom is -0.507 e. The molecule has 0 heterocycles. The van der Waals surface area contributed by atoms with Gasteiger partial charge in [0, 0.05) is 19.6 Å². The topological polar surface area (TPSA) is 106 Å². The van der Waals surface area contributed by atoms with Gasteiger partial charge in [-0.15, -0.1) is 0 Å². The van der Waals surface area contributed by atoms with E-state index in [9.17, 15) is 14.7 Å². The van der Waals surface area contributed by atoms with Crippen molar-refractivity contribution >= 4 is 12.0 Å². The predicted molar refractivity (Wildman–Crippen MR) is 147 cm³/mol. The Kier molecular flexibility index (Phi) is 10.8. The highest BCUT2D eigenvalue weighted by atomic mass is 16.6. The second-order valence-corrected chi connectivity index (χ2v) is 10.9. The van der Waals surface area contributed by atoms with E-state index in [0.717, 1.165) is 24.2 Å². The molecule has 2 aromatic rings. The number of hydrogen-bond donors (Lipinski definition) is 3. The fourth-order valence-electron chi connectivity index (χ4n) is 4.62. The molecule has 3 rings (SSSR count). The van der Waals surface area contributed by atoms with Crippen molar-refractivity contribution in [3.05, 3.63) is 59.7 Å². The molecule has 0 radical (unpaired) electrons. The van der Waals surface area contributed by atoms with Crippen molar-refractivity contribution in [2.45, 2.75) is 77.0 Å². The lowest BCUT2D eigenvalue weighted by molar-refractivity contribution is -0.00558. The van der Waals surface area contributed by atoms with Crippen LogP contribution in [-0.2, 0) is 15.9 Å². The van der Waals surface area contributed by atoms with Gasteiger partial charge in [-0.25, -0.2) is 4.79 Å². The molecule has 0 spiro atoms. The molecule has 208 valence electrons. The van der Waals surface area contributed by atoms with Crippen molar-refractivity contribution in [1.82, 2.24) is 10.6 Å². The second kappa shape index (κ2) is 14.0. The molecule has 2 aromatic carbocycles. The Morgan fingerprint density at radius 3 is 2.34 bits per heavy atom. The van der Waals surface area contributed by atoms with Crippen LogP contribution in [0.1, 0.15) is 68.8 Å². The number of benzene rings is 2. The summed E-state index contributed by atoms with van der Waals surface area (Å²) in [6, 6.07) is 13.5. The molecular formula is C30H42N2O6. The van der Waals surface area contributed by atoms with Crippen LogP contribution >= 0.6 is 0 Å². The third kappa shape index (κ3) is 9.56. The first-order valence-corrected chi connectivity index (χ1v) is 13.4. The number of carbonyl (C=O) groups is 2. The van der Waals surface area contributed by atoms with Crippen LogP contribution in [0.15, 0.2) is 48.5 Å². The van der Waals surface area contributed by atoms with E-state index in [1.165, 1.54) is 25.3 Å². The SMILES string of the molecule is COc1ccc(CC(OCC2CCCCC2)C(CNC(=O)c2ccccc2O)NC(=O)OC(C)(C)C)cc1. The number of nitrogens with one attached hydrogen (secondary N) is 2. The van der Waals surface area contributed by atoms with Crippen LogP contribution in [0, 0.1) is 5.92 Å². The Labute approximate surface area is 226 Å². The largest absolute Gasteiger partial charge is 0.507 e. The van der Waals surface area contributed by atoms with E-state index in [1.807, 2.05) is 24.3 Å². The maximum absolute atomic E-state index is 12.9. The standard InChI is InChI=1S/C30H42N2O6/c1-30(2,3)38-29(35)32-25(19-31-28(34)24-12-8-9-13-26(24)33)27(37-20-22-10-6-5-7-11-22)18-21-14-16-23(36-4)17-15-21/h8-9,12-17,22,25,27,33H,5-7,10-11,18-20H2,1-4H3,(H,31,34)(H,32,35). The van der Waals surface area contributed by atoms with Gasteiger partial charge in [0.2, 0.25) is 0 Å². The van der Waals surface area contributed by atoms with Crippen LogP contribution in [-0.4, -0.2) is 55.1 Å². The maximum Gasteiger partial charge on any atom is 0.408 e. The Balaban J connectivity index is 1.81. The summed E-state index contributed by atoms with van der Waals surface area (Å²) in [5, 5.41) is 15.9. The maximum atomic E-state index is 12.9. The Morgan fingerprint density at radius 2 is 1.71 bits per heavy atom. The summed E-state index contributed by atoms with van der Waals surface area (Å²) in [5.74, 6) is 0.687. The lowest BCUT2D eigenvalue weighted by Crippen LogP contribution is -2.53. The van der Waals surface area contributed by atoms with Crippen LogP contribution in [0.2, 0.25) is 0 Å². The van der Waals surface area contributed by atoms with E-state index in [1.54, 1.807) is 46.1 Å². The Morgan fingerprint density at radius 1 is 1.03 bits per heavy atom. The van der Waals surface area contributed by atoms with Crippen LogP contribution in [0.4, 0.5) is 4.79 Å². The Bertz CT molecular complexity index is 1030. The number of rotatable bonds is 11. The smallest absolute Gasteiger partial charge is 0.408 e. The van der Waals surface area contributed by atoms with Crippen LogP contribution < -0.4 is 15.4 Å². The fraction of sp³-hybridized carbons (Fsp3) is 0.533. The van der Waals surface area contributed by atoms with E-state index in [-0.39, 0.29) is 17.9 Å². The van der Waals surface area contributed by atoms with Crippen LogP contribution in [0.3, 0.4) is 0 Å². The Hall–Kier alpha value is -3.26. The number of phenolic OH excluding ortho intramolecular Hbond substituents is 1. The second-order valence-electron chi connectivity index (χ2n) is 10.9. The molecule has 0 bridgehead atoms. The average molecular weight is 527 g/mol. The number of alkyl carbamates (subject to hydrolysis) is 1. The first-order chi connectivity index (χ1) is 18.1. The number of aromatic hydroxyl groups is 1. The number of ether oxygens (including phenoxy) is 3. The summed E-state index contributed by atoms with van der Waals surface area (Å²) in [7, 11) is 1.62. The van der Waals surface area contributed by atoms with Gasteiger partial charge in [0.25, 0.3) is 5.91 Å². The predicted octanol–water partition coefficient (Wildman–Crippen LogP) is 5.23. The number of para-hydroxylation sites is 1. The molecule has 1 saturated carbocycles. The molecule has 8 nitrogen and oxygen atoms in total. The number of phenols is 1. The van der Waals surface area contributed by atoms with Gasteiger partial charge in [-0.2, -0.15) is 0 Å². The number of amides is 2. The fourth-order valence-corrected chi connectivity index (χ4v) is 4.62. The summed E-state index contributed by atoms with van der Waals surface area (Å²) < 4.78 is 17.3. The van der Waals surface area contributed by atoms with Crippen molar-refractivity contribution in [2.24, 2.45) is 5.92 Å². The molecule has 0 aromatic heterocycles. The first-order valence-electron chi connectivity index (χ1n) is 13.4. The zero-order valence-corrected chi connectivity index (χ0v) is 23.0. The first kappa shape index (κ1) is 29.3. The highest BCUT2D eigenvalue weighted by molar-refractivity contribution is 5.96. The summed E-state index contributed by atoms with van der Waals surface area (Å²) in [5.41, 5.74) is 0.503. The summed E-state index contributed by atoms with van der Waals surface area (Å²) in [6.07, 6.45) is 5.42. The molecule has 38 heavy (non-hydrogen) atoms. The summed E-state index contributed by atoms with van der Waals surface area (Å²) in [6.45, 7) is 6.08. The van der Waals surface area contributed by atoms with Crippen molar-refractivity contribution in [3.8, 4) is 11.5 Å². The molecule has 1 aliphatic rings. The molecule has 2 amide bonds. The van der Waals surface area contributed by atoms with Gasteiger partial charge in [-0.05, 0) is 69.4 Å². The monoisotopic (exact) mass is 526 g/mol. The highest BCUT2D eigenvalue weighted by Crippen LogP contribution is 2.25. The molecule has 2 atom stereocenters. The molecule has 3 N–H and O–H groups in total. The zero-order valence-electron chi connectivity index (χ0n) is 23.0. The average Bonchev–Trinajstić information content (AvgIpc) is 2.89. The van der Waals surface area contributed by atoms with Gasteiger partial charge in [0.1, 0.15) is 17.1 Å². The van der Waals surface area contributed by atoms with Gasteiger partial charge in [0.15, 0.2) is 0 Å². The van der Waals surface area contributed by atoms with Gasteiger partial charge < -0.3 is 30.0 Å². The molecule has 8 heteroatoms. The molecular weight excluding hydrogens is 484 g/mol. The van der Waals surface area contributed by atoms with E-state index in [0.29, 0.717) is 18.9 Å². The van der Waals surface area contributed by atoms with Gasteiger partial charge >= 0.3 is 6.09 Å². The molecule has 1 fully saturated rings. The summed E-state index contributed by atoms with van der Waals surface area (Å²) >= 11 is 0. The van der Waals surface area contributed by atoms with E-state index < -0.39 is 29.7 Å². The third-order valence-electron chi connectivity index (χ3n) is 6.65. The number of carbonyl (C=O) groups excluding carboxylic acids is 2. The normalized spacial score (nSPS) is 15.8. The van der Waals surface area contributed by atoms with Crippen molar-refractivity contribution in [2.75, 3.05) is 20.3 Å². The highest BCUT2D eigenvalue weighted by Gasteiger charge is 2.29. The van der Waals surface area contributed by atoms with E-state index in [4.69, 9.17) is 14.2 Å². The van der Waals surface area contributed by atoms with Crippen LogP contribution in [0.5, 0.6) is 11.5 Å². The van der Waals surface area contributed by atoms with Crippen molar-refractivity contribution < 1.29 is 28.9 Å². The minimum atomic E-state index is -0.678. The lowest BCUT2D eigenvalue weighted by Gasteiger charge is -2.32. The lowest BCUT2D eigenvalue weighted by atomic mass is 9.90. The third-order valence-corrected chi connectivity index (χ3v) is 6.65. The summed E-state index contributed by atoms with van der Waals surface area (Å²) in [4.78, 5) is 25.7. The molecule has 0 aliphatic heterocycles. The van der Waals surface area contributed by atoms with Crippen LogP contribution in [0.25, 0.3) is 0 Å². The quantitative estimate of drug-likeness (QED) is 0.370. The molecule has 2 unspecified atom stereocenters. The molecule has 1 aliphatic carbocycles. The zero-order chi connectivity index (χ0) is 27.5. The van der Waals surface area contributed by atoms with Gasteiger partial charge in [0.05, 0.1) is 24.8 Å². The van der Waals surface area contributed by atoms with Crippen molar-refractivity contribution in [1.29, 1.82) is 0 Å². The van der Waals surface area contributed by atoms with E-state index >= 15 is 0 Å². The number of hydrogen-bond acceptors (Lipinski definition) is 6.